The van der Waals surface area contributed by atoms with E-state index in [9.17, 15) is 0 Å². The van der Waals surface area contributed by atoms with E-state index in [0.717, 1.165) is 50.3 Å². The second-order valence-corrected chi connectivity index (χ2v) is 8.31. The molecule has 0 spiro atoms. The van der Waals surface area contributed by atoms with Crippen LogP contribution in [0.25, 0.3) is 0 Å². The van der Waals surface area contributed by atoms with Crippen molar-refractivity contribution in [2.45, 2.75) is 82.8 Å². The van der Waals surface area contributed by atoms with E-state index < -0.39 is 0 Å². The van der Waals surface area contributed by atoms with Crippen molar-refractivity contribution in [1.82, 2.24) is 30.3 Å². The predicted octanol–water partition coefficient (Wildman–Crippen LogP) is 1.73. The van der Waals surface area contributed by atoms with Crippen LogP contribution in [0, 0.1) is 0 Å². The minimum absolute atomic E-state index is 0.515. The van der Waals surface area contributed by atoms with Crippen molar-refractivity contribution in [3.8, 4) is 0 Å². The van der Waals surface area contributed by atoms with Crippen molar-refractivity contribution in [3.05, 3.63) is 11.6 Å². The third kappa shape index (κ3) is 4.62. The van der Waals surface area contributed by atoms with Crippen molar-refractivity contribution < 1.29 is 0 Å². The first kappa shape index (κ1) is 18.7. The average Bonchev–Trinajstić information content (AvgIpc) is 3.40. The van der Waals surface area contributed by atoms with Crippen LogP contribution in [0.2, 0.25) is 0 Å². The number of hydrogen-bond donors (Lipinski definition) is 2. The van der Waals surface area contributed by atoms with E-state index in [0.29, 0.717) is 6.04 Å². The molecule has 1 aromatic rings. The van der Waals surface area contributed by atoms with Gasteiger partial charge in [-0.1, -0.05) is 19.3 Å². The van der Waals surface area contributed by atoms with E-state index in [1.807, 2.05) is 7.05 Å². The molecule has 1 saturated carbocycles. The number of nitrogens with zero attached hydrogens (tertiary/aromatic N) is 5. The van der Waals surface area contributed by atoms with Crippen LogP contribution in [0.15, 0.2) is 4.99 Å². The lowest BCUT2D eigenvalue weighted by atomic mass is 10.2. The molecule has 1 unspecified atom stereocenters. The van der Waals surface area contributed by atoms with Gasteiger partial charge < -0.3 is 15.2 Å². The van der Waals surface area contributed by atoms with Crippen molar-refractivity contribution in [1.29, 1.82) is 0 Å². The molecule has 4 rings (SSSR count). The first-order chi connectivity index (χ1) is 13.3. The summed E-state index contributed by atoms with van der Waals surface area (Å²) in [7, 11) is 1.86. The molecule has 0 aromatic carbocycles. The Morgan fingerprint density at radius 3 is 2.81 bits per heavy atom. The van der Waals surface area contributed by atoms with Crippen LogP contribution in [0.4, 0.5) is 0 Å². The topological polar surface area (TPSA) is 70.4 Å². The molecular weight excluding hydrogens is 338 g/mol. The molecular formula is C20H35N7. The molecule has 2 N–H and O–H groups in total. The summed E-state index contributed by atoms with van der Waals surface area (Å²) in [4.78, 5) is 7.11. The minimum Gasteiger partial charge on any atom is -0.356 e. The molecule has 0 amide bonds. The zero-order chi connectivity index (χ0) is 18.5. The molecule has 0 bridgehead atoms. The Morgan fingerprint density at radius 1 is 1.07 bits per heavy atom. The van der Waals surface area contributed by atoms with E-state index in [-0.39, 0.29) is 0 Å². The highest BCUT2D eigenvalue weighted by Crippen LogP contribution is 2.26. The maximum atomic E-state index is 4.43. The number of rotatable bonds is 5. The highest BCUT2D eigenvalue weighted by atomic mass is 15.3. The van der Waals surface area contributed by atoms with Crippen LogP contribution in [-0.2, 0) is 19.4 Å². The van der Waals surface area contributed by atoms with Crippen LogP contribution in [0.1, 0.15) is 63.0 Å². The van der Waals surface area contributed by atoms with Crippen LogP contribution in [0.3, 0.4) is 0 Å². The van der Waals surface area contributed by atoms with Gasteiger partial charge in [-0.25, -0.2) is 0 Å². The number of guanidine groups is 1. The van der Waals surface area contributed by atoms with Gasteiger partial charge in [0.2, 0.25) is 0 Å². The van der Waals surface area contributed by atoms with E-state index >= 15 is 0 Å². The Bertz CT molecular complexity index is 632. The molecule has 150 valence electrons. The first-order valence-corrected chi connectivity index (χ1v) is 11.0. The van der Waals surface area contributed by atoms with Crippen molar-refractivity contribution in [2.24, 2.45) is 4.99 Å². The number of hydrogen-bond acceptors (Lipinski definition) is 4. The summed E-state index contributed by atoms with van der Waals surface area (Å²) in [6, 6.07) is 1.34. The third-order valence-electron chi connectivity index (χ3n) is 6.45. The van der Waals surface area contributed by atoms with E-state index in [1.165, 1.54) is 63.7 Å². The highest BCUT2D eigenvalue weighted by molar-refractivity contribution is 5.80. The summed E-state index contributed by atoms with van der Waals surface area (Å²) in [5.41, 5.74) is 0. The van der Waals surface area contributed by atoms with Gasteiger partial charge in [0.15, 0.2) is 5.96 Å². The second-order valence-electron chi connectivity index (χ2n) is 8.31. The Balaban J connectivity index is 1.22. The van der Waals surface area contributed by atoms with Crippen LogP contribution < -0.4 is 10.6 Å². The number of likely N-dealkylation sites (tertiary alicyclic amines) is 1. The number of aliphatic imine (C=N–C) groups is 1. The molecule has 1 saturated heterocycles. The van der Waals surface area contributed by atoms with Gasteiger partial charge in [0, 0.05) is 58.2 Å². The van der Waals surface area contributed by atoms with Crippen molar-refractivity contribution in [3.63, 3.8) is 0 Å². The summed E-state index contributed by atoms with van der Waals surface area (Å²) in [5.74, 6) is 3.20. The van der Waals surface area contributed by atoms with Gasteiger partial charge in [-0.2, -0.15) is 0 Å². The Hall–Kier alpha value is -1.63. The number of aryl methyl sites for hydroxylation is 1. The predicted molar refractivity (Wildman–Crippen MR) is 108 cm³/mol. The number of aromatic nitrogens is 3. The molecule has 0 radical (unpaired) electrons. The number of nitrogens with one attached hydrogen (secondary N) is 2. The Morgan fingerprint density at radius 2 is 1.96 bits per heavy atom. The maximum Gasteiger partial charge on any atom is 0.191 e. The fraction of sp³-hybridized carbons (Fsp3) is 0.850. The zero-order valence-corrected chi connectivity index (χ0v) is 16.8. The zero-order valence-electron chi connectivity index (χ0n) is 16.8. The highest BCUT2D eigenvalue weighted by Gasteiger charge is 2.30. The van der Waals surface area contributed by atoms with Crippen LogP contribution >= 0.6 is 0 Å². The smallest absolute Gasteiger partial charge is 0.191 e. The second kappa shape index (κ2) is 9.04. The Kier molecular flexibility index (Phi) is 6.27. The van der Waals surface area contributed by atoms with Crippen LogP contribution in [0.5, 0.6) is 0 Å². The summed E-state index contributed by atoms with van der Waals surface area (Å²) in [5, 5.41) is 15.9. The fourth-order valence-electron chi connectivity index (χ4n) is 4.92. The summed E-state index contributed by atoms with van der Waals surface area (Å²) in [6.45, 7) is 4.30. The van der Waals surface area contributed by atoms with Gasteiger partial charge in [0.05, 0.1) is 0 Å². The minimum atomic E-state index is 0.515. The molecule has 1 aromatic heterocycles. The molecule has 27 heavy (non-hydrogen) atoms. The van der Waals surface area contributed by atoms with Gasteiger partial charge >= 0.3 is 0 Å². The maximum absolute atomic E-state index is 4.43. The summed E-state index contributed by atoms with van der Waals surface area (Å²) < 4.78 is 2.33. The molecule has 2 aliphatic heterocycles. The molecule has 2 fully saturated rings. The van der Waals surface area contributed by atoms with E-state index in [2.05, 4.69) is 35.3 Å². The number of fused-ring (bicyclic) bond motifs is 1. The molecule has 3 aliphatic rings. The molecule has 7 heteroatoms. The van der Waals surface area contributed by atoms with Gasteiger partial charge in [0.25, 0.3) is 0 Å². The van der Waals surface area contributed by atoms with Crippen molar-refractivity contribution >= 4 is 5.96 Å². The lowest BCUT2D eigenvalue weighted by molar-refractivity contribution is 0.242. The van der Waals surface area contributed by atoms with E-state index in [4.69, 9.17) is 0 Å². The molecule has 3 heterocycles. The van der Waals surface area contributed by atoms with Gasteiger partial charge in [-0.15, -0.1) is 10.2 Å². The Labute approximate surface area is 163 Å². The van der Waals surface area contributed by atoms with Crippen molar-refractivity contribution in [2.75, 3.05) is 26.7 Å². The molecule has 1 aliphatic carbocycles. The third-order valence-corrected chi connectivity index (χ3v) is 6.45. The monoisotopic (exact) mass is 373 g/mol. The van der Waals surface area contributed by atoms with Gasteiger partial charge in [-0.3, -0.25) is 9.89 Å². The molecule has 7 nitrogen and oxygen atoms in total. The SMILES string of the molecule is CN=C(NCCc1nnc2n1CCCCC2)NC1CCN(C2CCCC2)C1. The van der Waals surface area contributed by atoms with Gasteiger partial charge in [0.1, 0.15) is 11.6 Å². The van der Waals surface area contributed by atoms with Crippen LogP contribution in [-0.4, -0.2) is 64.4 Å². The molecule has 1 atom stereocenters. The van der Waals surface area contributed by atoms with Gasteiger partial charge in [-0.05, 0) is 32.1 Å². The summed E-state index contributed by atoms with van der Waals surface area (Å²) >= 11 is 0. The first-order valence-electron chi connectivity index (χ1n) is 11.0. The fourth-order valence-corrected chi connectivity index (χ4v) is 4.92. The normalized spacial score (nSPS) is 24.8. The summed E-state index contributed by atoms with van der Waals surface area (Å²) in [6.07, 6.45) is 12.6. The average molecular weight is 374 g/mol. The largest absolute Gasteiger partial charge is 0.356 e. The lowest BCUT2D eigenvalue weighted by Gasteiger charge is -2.24. The van der Waals surface area contributed by atoms with E-state index in [1.54, 1.807) is 0 Å². The quantitative estimate of drug-likeness (QED) is 0.608. The standard InChI is InChI=1S/C20H35N7/c1-21-20(23-16-11-14-26(15-16)17-7-4-5-8-17)22-12-10-19-25-24-18-9-3-2-6-13-27(18)19/h16-17H,2-15H2,1H3,(H2,21,22,23). The lowest BCUT2D eigenvalue weighted by Crippen LogP contribution is -2.45.